The summed E-state index contributed by atoms with van der Waals surface area (Å²) in [6, 6.07) is 0. The van der Waals surface area contributed by atoms with Crippen LogP contribution in [-0.4, -0.2) is 0 Å². The van der Waals surface area contributed by atoms with Crippen molar-refractivity contribution in [2.75, 3.05) is 0 Å². The summed E-state index contributed by atoms with van der Waals surface area (Å²) in [6.45, 7) is 5.54. The van der Waals surface area contributed by atoms with Crippen LogP contribution in [0.1, 0.15) is 78.1 Å². The molecule has 0 saturated heterocycles. The van der Waals surface area contributed by atoms with Crippen molar-refractivity contribution in [1.29, 1.82) is 0 Å². The first kappa shape index (κ1) is 22.5. The molecular formula is C42H56. The third-order valence-corrected chi connectivity index (χ3v) is 23.1. The summed E-state index contributed by atoms with van der Waals surface area (Å²) in [6.07, 6.45) is 17.4. The summed E-state index contributed by atoms with van der Waals surface area (Å²) in [4.78, 5) is 0. The van der Waals surface area contributed by atoms with Crippen LogP contribution in [0.5, 0.6) is 0 Å². The van der Waals surface area contributed by atoms with E-state index in [4.69, 9.17) is 0 Å². The third-order valence-electron chi connectivity index (χ3n) is 23.1. The maximum atomic E-state index is 2.77. The molecule has 14 bridgehead atoms. The normalized spacial score (nSPS) is 83.0. The molecule has 0 radical (unpaired) electrons. The summed E-state index contributed by atoms with van der Waals surface area (Å²) in [5, 5.41) is 0. The third kappa shape index (κ3) is 1.96. The van der Waals surface area contributed by atoms with E-state index in [9.17, 15) is 0 Å². The molecule has 15 aliphatic carbocycles. The van der Waals surface area contributed by atoms with Crippen LogP contribution in [0.2, 0.25) is 0 Å². The Kier molecular flexibility index (Phi) is 3.52. The quantitative estimate of drug-likeness (QED) is 0.278. The molecule has 30 unspecified atom stereocenters. The van der Waals surface area contributed by atoms with Gasteiger partial charge < -0.3 is 0 Å². The highest BCUT2D eigenvalue weighted by Gasteiger charge is 2.80. The molecule has 0 N–H and O–H groups in total. The van der Waals surface area contributed by atoms with Crippen LogP contribution in [-0.2, 0) is 0 Å². The van der Waals surface area contributed by atoms with Crippen LogP contribution >= 0.6 is 0 Å². The predicted octanol–water partition coefficient (Wildman–Crippen LogP) is 8.62. The minimum atomic E-state index is 1.04. The van der Waals surface area contributed by atoms with Crippen LogP contribution in [0.4, 0.5) is 0 Å². The zero-order valence-corrected chi connectivity index (χ0v) is 26.4. The lowest BCUT2D eigenvalue weighted by Gasteiger charge is -2.76. The predicted molar refractivity (Wildman–Crippen MR) is 162 cm³/mol. The van der Waals surface area contributed by atoms with Crippen molar-refractivity contribution in [3.8, 4) is 0 Å². The van der Waals surface area contributed by atoms with Gasteiger partial charge in [-0.2, -0.15) is 0 Å². The van der Waals surface area contributed by atoms with Crippen molar-refractivity contribution < 1.29 is 0 Å². The second kappa shape index (κ2) is 6.56. The van der Waals surface area contributed by atoms with Crippen molar-refractivity contribution in [1.82, 2.24) is 0 Å². The highest BCUT2D eigenvalue weighted by Crippen LogP contribution is 2.86. The van der Waals surface area contributed by atoms with Gasteiger partial charge in [0.1, 0.15) is 0 Å². The lowest BCUT2D eigenvalue weighted by molar-refractivity contribution is -0.284. The summed E-state index contributed by atoms with van der Waals surface area (Å²) in [5.74, 6) is 36.1. The number of fused-ring (bicyclic) bond motifs is 27. The summed E-state index contributed by atoms with van der Waals surface area (Å²) in [7, 11) is 0. The van der Waals surface area contributed by atoms with Crippen LogP contribution in [0.15, 0.2) is 0 Å². The molecule has 224 valence electrons. The molecule has 15 aliphatic rings. The van der Waals surface area contributed by atoms with E-state index in [1.807, 2.05) is 0 Å². The number of rotatable bonds is 0. The van der Waals surface area contributed by atoms with Gasteiger partial charge in [-0.05, 0) is 242 Å². The van der Waals surface area contributed by atoms with Gasteiger partial charge in [0.15, 0.2) is 0 Å². The van der Waals surface area contributed by atoms with E-state index in [0.29, 0.717) is 0 Å². The lowest BCUT2D eigenvalue weighted by Crippen LogP contribution is -2.71. The van der Waals surface area contributed by atoms with E-state index in [-0.39, 0.29) is 0 Å². The van der Waals surface area contributed by atoms with E-state index in [2.05, 4.69) is 13.8 Å². The first-order valence-electron chi connectivity index (χ1n) is 20.7. The monoisotopic (exact) mass is 560 g/mol. The fraction of sp³-hybridized carbons (Fsp3) is 1.00. The molecule has 0 aliphatic heterocycles. The Balaban J connectivity index is 0.922. The minimum Gasteiger partial charge on any atom is -0.0622 e. The average molecular weight is 561 g/mol. The second-order valence-electron chi connectivity index (χ2n) is 22.0. The Bertz CT molecular complexity index is 1270. The van der Waals surface area contributed by atoms with Crippen LogP contribution < -0.4 is 0 Å². The van der Waals surface area contributed by atoms with Crippen LogP contribution in [0.3, 0.4) is 0 Å². The molecule has 0 heteroatoms. The Labute approximate surface area is 255 Å². The van der Waals surface area contributed by atoms with E-state index in [0.717, 1.165) is 23.7 Å². The zero-order valence-electron chi connectivity index (χ0n) is 26.4. The molecule has 0 aromatic heterocycles. The van der Waals surface area contributed by atoms with E-state index in [1.54, 1.807) is 64.2 Å². The Morgan fingerprint density at radius 3 is 0.952 bits per heavy atom. The van der Waals surface area contributed by atoms with Crippen molar-refractivity contribution in [3.63, 3.8) is 0 Å². The maximum Gasteiger partial charge on any atom is -0.0315 e. The molecule has 0 spiro atoms. The van der Waals surface area contributed by atoms with E-state index < -0.39 is 0 Å². The molecule has 0 nitrogen and oxygen atoms in total. The molecule has 15 fully saturated rings. The molecule has 0 amide bonds. The zero-order chi connectivity index (χ0) is 26.4. The fourth-order valence-corrected chi connectivity index (χ4v) is 23.0. The molecular weight excluding hydrogens is 504 g/mol. The molecule has 15 saturated carbocycles. The highest BCUT2D eigenvalue weighted by atomic mass is 14.8. The second-order valence-corrected chi connectivity index (χ2v) is 22.0. The van der Waals surface area contributed by atoms with Crippen LogP contribution in [0.25, 0.3) is 0 Å². The Morgan fingerprint density at radius 2 is 0.452 bits per heavy atom. The van der Waals surface area contributed by atoms with Crippen molar-refractivity contribution in [3.05, 3.63) is 0 Å². The average Bonchev–Trinajstić information content (AvgIpc) is 3.07. The van der Waals surface area contributed by atoms with Gasteiger partial charge in [0.25, 0.3) is 0 Å². The number of hydrogen-bond donors (Lipinski definition) is 0. The highest BCUT2D eigenvalue weighted by molar-refractivity contribution is 5.28. The molecule has 0 aromatic carbocycles. The maximum absolute atomic E-state index is 2.77. The van der Waals surface area contributed by atoms with Crippen molar-refractivity contribution in [2.45, 2.75) is 78.1 Å². The molecule has 0 aromatic rings. The van der Waals surface area contributed by atoms with E-state index in [1.165, 1.54) is 154 Å². The Hall–Kier alpha value is 0. The molecule has 0 heterocycles. The topological polar surface area (TPSA) is 0 Å². The largest absolute Gasteiger partial charge is 0.0622 e. The minimum absolute atomic E-state index is 1.04. The van der Waals surface area contributed by atoms with Gasteiger partial charge in [0, 0.05) is 0 Å². The van der Waals surface area contributed by atoms with Gasteiger partial charge in [0.05, 0.1) is 0 Å². The SMILES string of the molecule is CC1CC(C)C2C3CC1C1C4C5CC(C6CC5C5C7CC6C6CC7C5C5CC6C6CC7C8CC5C8C67)C5CC4C1C3C52. The standard InChI is InChI=1S/C42H56/c1-13-3-14(2)33-31-4-15(13)39-38-27-9-20(22-12-32(38)42(39)41(31)40(22)33)18-7-25(27)35-23-5-16(18)17-6-24(23)36(35)26-8-19(17)21-10-28-30-11-29(26)37(30)34(21)28/h13-42H,3-12H2,1-2H3. The molecule has 15 rings (SSSR count). The molecule has 30 atom stereocenters. The van der Waals surface area contributed by atoms with Crippen molar-refractivity contribution in [2.24, 2.45) is 178 Å². The van der Waals surface area contributed by atoms with Crippen LogP contribution in [0, 0.1) is 178 Å². The molecule has 42 heavy (non-hydrogen) atoms. The van der Waals surface area contributed by atoms with Crippen molar-refractivity contribution >= 4 is 0 Å². The summed E-state index contributed by atoms with van der Waals surface area (Å²) < 4.78 is 0. The van der Waals surface area contributed by atoms with E-state index >= 15 is 0 Å². The number of hydrogen-bond acceptors (Lipinski definition) is 0. The summed E-state index contributed by atoms with van der Waals surface area (Å²) in [5.41, 5.74) is 0. The lowest BCUT2D eigenvalue weighted by atomic mass is 9.29. The first-order chi connectivity index (χ1) is 20.7. The summed E-state index contributed by atoms with van der Waals surface area (Å²) >= 11 is 0. The van der Waals surface area contributed by atoms with Gasteiger partial charge in [-0.25, -0.2) is 0 Å². The first-order valence-corrected chi connectivity index (χ1v) is 20.7. The van der Waals surface area contributed by atoms with Gasteiger partial charge >= 0.3 is 0 Å². The Morgan fingerprint density at radius 1 is 0.190 bits per heavy atom. The van der Waals surface area contributed by atoms with Gasteiger partial charge in [0.2, 0.25) is 0 Å². The fourth-order valence-electron chi connectivity index (χ4n) is 23.0. The smallest absolute Gasteiger partial charge is 0.0315 e. The van der Waals surface area contributed by atoms with Gasteiger partial charge in [-0.1, -0.05) is 13.8 Å². The van der Waals surface area contributed by atoms with Gasteiger partial charge in [-0.15, -0.1) is 0 Å². The van der Waals surface area contributed by atoms with Gasteiger partial charge in [-0.3, -0.25) is 0 Å².